The highest BCUT2D eigenvalue weighted by Crippen LogP contribution is 2.27. The summed E-state index contributed by atoms with van der Waals surface area (Å²) in [6, 6.07) is 14.5. The van der Waals surface area contributed by atoms with Crippen molar-refractivity contribution in [2.24, 2.45) is 5.10 Å². The topological polar surface area (TPSA) is 76.4 Å². The van der Waals surface area contributed by atoms with Gasteiger partial charge in [0.05, 0.1) is 11.9 Å². The quantitative estimate of drug-likeness (QED) is 0.116. The van der Waals surface area contributed by atoms with Crippen LogP contribution in [-0.4, -0.2) is 32.5 Å². The molecule has 0 aliphatic heterocycles. The normalized spacial score (nSPS) is 11.7. The van der Waals surface area contributed by atoms with Gasteiger partial charge in [-0.3, -0.25) is 5.43 Å². The molecule has 0 saturated heterocycles. The van der Waals surface area contributed by atoms with Gasteiger partial charge in [-0.15, -0.1) is 18.3 Å². The molecule has 0 spiro atoms. The van der Waals surface area contributed by atoms with Crippen molar-refractivity contribution in [3.8, 4) is 22.8 Å². The van der Waals surface area contributed by atoms with E-state index in [9.17, 15) is 22.0 Å². The average Bonchev–Trinajstić information content (AvgIpc) is 3.36. The lowest BCUT2D eigenvalue weighted by atomic mass is 10.0. The van der Waals surface area contributed by atoms with E-state index in [1.54, 1.807) is 24.3 Å². The molecule has 3 aromatic carbocycles. The predicted molar refractivity (Wildman–Crippen MR) is 141 cm³/mol. The second kappa shape index (κ2) is 11.6. The zero-order chi connectivity index (χ0) is 28.2. The second-order valence-corrected chi connectivity index (χ2v) is 8.92. The van der Waals surface area contributed by atoms with Gasteiger partial charge in [0.1, 0.15) is 12.1 Å². The molecule has 0 radical (unpaired) electrons. The molecule has 13 heteroatoms. The fourth-order valence-corrected chi connectivity index (χ4v) is 3.67. The van der Waals surface area contributed by atoms with E-state index >= 15 is 0 Å². The Bertz CT molecular complexity index is 1480. The number of ether oxygens (including phenoxy) is 1. The van der Waals surface area contributed by atoms with Gasteiger partial charge in [0.25, 0.3) is 0 Å². The van der Waals surface area contributed by atoms with Crippen molar-refractivity contribution < 1.29 is 26.7 Å². The molecule has 1 heterocycles. The van der Waals surface area contributed by atoms with Crippen LogP contribution in [0.5, 0.6) is 5.75 Å². The molecule has 39 heavy (non-hydrogen) atoms. The maximum Gasteiger partial charge on any atom is 0.573 e. The molecule has 0 aliphatic carbocycles. The van der Waals surface area contributed by atoms with Crippen LogP contribution in [0.15, 0.2) is 72.1 Å². The average molecular weight is 561 g/mol. The summed E-state index contributed by atoms with van der Waals surface area (Å²) in [6.07, 6.45) is -1.80. The highest BCUT2D eigenvalue weighted by molar-refractivity contribution is 7.80. The van der Waals surface area contributed by atoms with Crippen molar-refractivity contribution in [2.75, 3.05) is 5.32 Å². The molecule has 1 aromatic heterocycles. The first-order valence-corrected chi connectivity index (χ1v) is 11.9. The zero-order valence-electron chi connectivity index (χ0n) is 20.5. The number of hydrogen-bond acceptors (Lipinski definition) is 5. The van der Waals surface area contributed by atoms with Gasteiger partial charge in [0, 0.05) is 17.3 Å². The summed E-state index contributed by atoms with van der Waals surface area (Å²) in [4.78, 5) is 4.25. The van der Waals surface area contributed by atoms with E-state index in [2.05, 4.69) is 30.7 Å². The van der Waals surface area contributed by atoms with Crippen molar-refractivity contribution in [2.45, 2.75) is 26.1 Å². The number of halogens is 5. The summed E-state index contributed by atoms with van der Waals surface area (Å²) < 4.78 is 69.6. The molecule has 4 rings (SSSR count). The fraction of sp³-hybridized carbons (Fsp3) is 0.154. The minimum Gasteiger partial charge on any atom is -0.406 e. The Morgan fingerprint density at radius 2 is 1.69 bits per heavy atom. The smallest absolute Gasteiger partial charge is 0.406 e. The maximum atomic E-state index is 13.7. The van der Waals surface area contributed by atoms with Crippen LogP contribution in [0, 0.1) is 11.6 Å². The lowest BCUT2D eigenvalue weighted by Gasteiger charge is -2.15. The maximum absolute atomic E-state index is 13.7. The van der Waals surface area contributed by atoms with E-state index in [4.69, 9.17) is 12.2 Å². The van der Waals surface area contributed by atoms with Gasteiger partial charge in [-0.25, -0.2) is 18.4 Å². The summed E-state index contributed by atoms with van der Waals surface area (Å²) >= 11 is 5.20. The van der Waals surface area contributed by atoms with Crippen LogP contribution < -0.4 is 15.5 Å². The van der Waals surface area contributed by atoms with E-state index < -0.39 is 18.0 Å². The first-order valence-electron chi connectivity index (χ1n) is 11.5. The van der Waals surface area contributed by atoms with E-state index in [0.717, 1.165) is 17.7 Å². The molecular weight excluding hydrogens is 539 g/mol. The number of thiocarbonyl (C=S) groups is 1. The van der Waals surface area contributed by atoms with E-state index in [-0.39, 0.29) is 16.8 Å². The van der Waals surface area contributed by atoms with Gasteiger partial charge < -0.3 is 10.1 Å². The van der Waals surface area contributed by atoms with Crippen molar-refractivity contribution in [1.82, 2.24) is 20.2 Å². The second-order valence-electron chi connectivity index (χ2n) is 8.51. The SMILES string of the molecule is CC(C)c1cc(F)c(F)cc1NC(=S)NN=Cc1ccc(-c2ncn(-c3ccc(OC(F)(F)F)cc3)n2)cc1. The number of benzene rings is 3. The molecule has 2 N–H and O–H groups in total. The number of nitrogens with one attached hydrogen (secondary N) is 2. The van der Waals surface area contributed by atoms with Crippen LogP contribution in [0.2, 0.25) is 0 Å². The Morgan fingerprint density at radius 3 is 2.33 bits per heavy atom. The number of aromatic nitrogens is 3. The lowest BCUT2D eigenvalue weighted by Crippen LogP contribution is -2.24. The van der Waals surface area contributed by atoms with Gasteiger partial charge in [0.2, 0.25) is 0 Å². The van der Waals surface area contributed by atoms with Gasteiger partial charge in [-0.2, -0.15) is 5.10 Å². The molecule has 0 fully saturated rings. The van der Waals surface area contributed by atoms with Crippen molar-refractivity contribution in [3.63, 3.8) is 0 Å². The number of rotatable bonds is 7. The molecule has 0 amide bonds. The summed E-state index contributed by atoms with van der Waals surface area (Å²) in [7, 11) is 0. The summed E-state index contributed by atoms with van der Waals surface area (Å²) in [5.74, 6) is -1.91. The van der Waals surface area contributed by atoms with Crippen molar-refractivity contribution >= 4 is 29.2 Å². The molecule has 0 saturated carbocycles. The first-order chi connectivity index (χ1) is 18.5. The van der Waals surface area contributed by atoms with Gasteiger partial charge in [0.15, 0.2) is 22.6 Å². The number of nitrogens with zero attached hydrogens (tertiary/aromatic N) is 4. The highest BCUT2D eigenvalue weighted by atomic mass is 32.1. The minimum absolute atomic E-state index is 0.0632. The van der Waals surface area contributed by atoms with E-state index in [1.165, 1.54) is 41.5 Å². The van der Waals surface area contributed by atoms with Crippen LogP contribution in [-0.2, 0) is 0 Å². The number of hydrogen-bond donors (Lipinski definition) is 2. The lowest BCUT2D eigenvalue weighted by molar-refractivity contribution is -0.274. The molecule has 7 nitrogen and oxygen atoms in total. The standard InChI is InChI=1S/C26H21F5N6OS/c1-15(2)20-11-21(27)22(28)12-23(20)34-25(39)35-33-13-16-3-5-17(6-4-16)24-32-14-37(36-24)18-7-9-19(10-8-18)38-26(29,30)31/h3-15H,1-2H3,(H2,34,35,39). The van der Waals surface area contributed by atoms with Crippen LogP contribution >= 0.6 is 12.2 Å². The molecule has 0 bridgehead atoms. The van der Waals surface area contributed by atoms with Crippen molar-refractivity contribution in [3.05, 3.63) is 89.8 Å². The van der Waals surface area contributed by atoms with E-state index in [1.807, 2.05) is 13.8 Å². The Labute approximate surface area is 225 Å². The summed E-state index contributed by atoms with van der Waals surface area (Å²) in [6.45, 7) is 3.70. The molecular formula is C26H21F5N6OS. The van der Waals surface area contributed by atoms with Crippen LogP contribution in [0.25, 0.3) is 17.1 Å². The number of anilines is 1. The molecule has 0 atom stereocenters. The third-order valence-corrected chi connectivity index (χ3v) is 5.53. The Balaban J connectivity index is 1.36. The highest BCUT2D eigenvalue weighted by Gasteiger charge is 2.31. The molecule has 0 aliphatic rings. The van der Waals surface area contributed by atoms with Gasteiger partial charge in [-0.05, 0) is 59.6 Å². The zero-order valence-corrected chi connectivity index (χ0v) is 21.3. The predicted octanol–water partition coefficient (Wildman–Crippen LogP) is 6.56. The van der Waals surface area contributed by atoms with Crippen molar-refractivity contribution in [1.29, 1.82) is 0 Å². The third-order valence-electron chi connectivity index (χ3n) is 5.34. The van der Waals surface area contributed by atoms with Gasteiger partial charge in [-0.1, -0.05) is 38.1 Å². The fourth-order valence-electron chi connectivity index (χ4n) is 3.50. The van der Waals surface area contributed by atoms with Gasteiger partial charge >= 0.3 is 6.36 Å². The number of alkyl halides is 3. The van der Waals surface area contributed by atoms with E-state index in [0.29, 0.717) is 28.3 Å². The summed E-state index contributed by atoms with van der Waals surface area (Å²) in [5.41, 5.74) is 5.49. The minimum atomic E-state index is -4.76. The van der Waals surface area contributed by atoms with Crippen LogP contribution in [0.1, 0.15) is 30.9 Å². The Kier molecular flexibility index (Phi) is 8.19. The number of hydrazone groups is 1. The summed E-state index contributed by atoms with van der Waals surface area (Å²) in [5, 5.41) is 11.4. The molecule has 0 unspecified atom stereocenters. The molecule has 202 valence electrons. The first kappa shape index (κ1) is 27.6. The molecule has 4 aromatic rings. The largest absolute Gasteiger partial charge is 0.573 e. The monoisotopic (exact) mass is 560 g/mol. The Morgan fingerprint density at radius 1 is 1.03 bits per heavy atom. The Hall–Kier alpha value is -4.39. The third kappa shape index (κ3) is 7.35. The van der Waals surface area contributed by atoms with Crippen LogP contribution in [0.3, 0.4) is 0 Å². The van der Waals surface area contributed by atoms with Crippen LogP contribution in [0.4, 0.5) is 27.6 Å².